The number of carbonyl (C=O) groups is 2. The number of carbonyl (C=O) groups excluding carboxylic acids is 2. The van der Waals surface area contributed by atoms with Gasteiger partial charge >= 0.3 is 6.18 Å². The minimum absolute atomic E-state index is 0. The maximum atomic E-state index is 13.2. The van der Waals surface area contributed by atoms with E-state index >= 15 is 0 Å². The van der Waals surface area contributed by atoms with Crippen LogP contribution in [0.15, 0.2) is 48.8 Å². The number of nitrogen functional groups attached to an aromatic ring is 1. The molecule has 0 saturated heterocycles. The van der Waals surface area contributed by atoms with Crippen molar-refractivity contribution in [3.8, 4) is 0 Å². The Hall–Kier alpha value is -3.54. The zero-order chi connectivity index (χ0) is 22.3. The van der Waals surface area contributed by atoms with Gasteiger partial charge in [0, 0.05) is 12.2 Å². The van der Waals surface area contributed by atoms with E-state index in [1.165, 1.54) is 40.2 Å². The molecule has 0 radical (unpaired) electrons. The summed E-state index contributed by atoms with van der Waals surface area (Å²) in [6.45, 7) is 1.99. The molecular weight excluding hydrogens is 445 g/mol. The van der Waals surface area contributed by atoms with Crippen LogP contribution < -0.4 is 16.0 Å². The van der Waals surface area contributed by atoms with E-state index in [1.54, 1.807) is 13.0 Å². The van der Waals surface area contributed by atoms with Crippen LogP contribution in [0.4, 0.5) is 30.4 Å². The second-order valence-electron chi connectivity index (χ2n) is 7.09. The maximum Gasteiger partial charge on any atom is 0.416 e. The number of nitrogens with zero attached hydrogens (tertiary/aromatic N) is 4. The summed E-state index contributed by atoms with van der Waals surface area (Å²) in [6.07, 6.45) is -1.80. The molecule has 0 saturated carbocycles. The third-order valence-electron chi connectivity index (χ3n) is 4.90. The predicted molar refractivity (Wildman–Crippen MR) is 117 cm³/mol. The fourth-order valence-corrected chi connectivity index (χ4v) is 3.36. The molecule has 1 aliphatic rings. The van der Waals surface area contributed by atoms with Gasteiger partial charge in [0.15, 0.2) is 0 Å². The zero-order valence-corrected chi connectivity index (χ0v) is 17.7. The van der Waals surface area contributed by atoms with Crippen LogP contribution in [0.3, 0.4) is 0 Å². The van der Waals surface area contributed by atoms with Crippen LogP contribution in [-0.2, 0) is 6.18 Å². The van der Waals surface area contributed by atoms with Crippen molar-refractivity contribution in [1.82, 2.24) is 14.8 Å². The van der Waals surface area contributed by atoms with Gasteiger partial charge in [-0.3, -0.25) is 14.3 Å². The summed E-state index contributed by atoms with van der Waals surface area (Å²) < 4.78 is 40.0. The Balaban J connectivity index is 0.00000289. The Morgan fingerprint density at radius 1 is 1.16 bits per heavy atom. The molecule has 0 bridgehead atoms. The van der Waals surface area contributed by atoms with Crippen molar-refractivity contribution < 1.29 is 22.8 Å². The molecule has 8 nitrogen and oxygen atoms in total. The summed E-state index contributed by atoms with van der Waals surface area (Å²) in [5.74, 6) is -0.810. The minimum atomic E-state index is -4.47. The lowest BCUT2D eigenvalue weighted by Gasteiger charge is -2.32. The van der Waals surface area contributed by atoms with Gasteiger partial charge in [0.1, 0.15) is 11.5 Å². The first-order valence-electron chi connectivity index (χ1n) is 9.24. The van der Waals surface area contributed by atoms with Gasteiger partial charge in [-0.05, 0) is 43.3 Å². The van der Waals surface area contributed by atoms with Gasteiger partial charge in [0.2, 0.25) is 0 Å². The standard InChI is InChI=1S/C20H17F3N6O2.H2S/c1-11-10-28(14-5-2-12(3-6-14)20(21,22)23)19(31)17-15(9-26-29(11)17)18(30)27-13-4-7-16(24)25-8-13;/h2-9,11H,10H2,1H3,(H2,24,25)(H,27,30);1H2/t11-;/m0./s1. The van der Waals surface area contributed by atoms with Gasteiger partial charge in [-0.2, -0.15) is 31.8 Å². The Kier molecular flexibility index (Phi) is 6.17. The van der Waals surface area contributed by atoms with E-state index in [1.807, 2.05) is 0 Å². The largest absolute Gasteiger partial charge is 0.416 e. The van der Waals surface area contributed by atoms with Crippen molar-refractivity contribution in [2.45, 2.75) is 19.1 Å². The molecular formula is C20H19F3N6O2S. The number of benzene rings is 1. The summed E-state index contributed by atoms with van der Waals surface area (Å²) in [4.78, 5) is 31.2. The van der Waals surface area contributed by atoms with Gasteiger partial charge in [-0.1, -0.05) is 0 Å². The van der Waals surface area contributed by atoms with Crippen LogP contribution in [0.5, 0.6) is 0 Å². The maximum absolute atomic E-state index is 13.2. The van der Waals surface area contributed by atoms with Crippen LogP contribution in [0.2, 0.25) is 0 Å². The summed E-state index contributed by atoms with van der Waals surface area (Å²) in [5, 5.41) is 6.79. The normalized spacial score (nSPS) is 15.7. The quantitative estimate of drug-likeness (QED) is 0.618. The summed E-state index contributed by atoms with van der Waals surface area (Å²) in [7, 11) is 0. The number of amides is 2. The second kappa shape index (κ2) is 8.54. The third-order valence-corrected chi connectivity index (χ3v) is 4.90. The molecule has 32 heavy (non-hydrogen) atoms. The molecule has 0 spiro atoms. The van der Waals surface area contributed by atoms with Gasteiger partial charge in [-0.15, -0.1) is 0 Å². The number of nitrogens with one attached hydrogen (secondary N) is 1. The summed E-state index contributed by atoms with van der Waals surface area (Å²) in [6, 6.07) is 7.09. The Bertz CT molecular complexity index is 1150. The molecule has 12 heteroatoms. The first-order valence-corrected chi connectivity index (χ1v) is 9.24. The van der Waals surface area contributed by atoms with Gasteiger partial charge in [0.05, 0.1) is 35.2 Å². The molecule has 0 unspecified atom stereocenters. The van der Waals surface area contributed by atoms with E-state index in [9.17, 15) is 22.8 Å². The molecule has 168 valence electrons. The highest BCUT2D eigenvalue weighted by Crippen LogP contribution is 2.33. The van der Waals surface area contributed by atoms with Crippen LogP contribution >= 0.6 is 13.5 Å². The van der Waals surface area contributed by atoms with E-state index in [0.717, 1.165) is 12.1 Å². The number of hydrogen-bond donors (Lipinski definition) is 2. The van der Waals surface area contributed by atoms with E-state index in [4.69, 9.17) is 5.73 Å². The van der Waals surface area contributed by atoms with E-state index < -0.39 is 23.6 Å². The Morgan fingerprint density at radius 2 is 1.84 bits per heavy atom. The fourth-order valence-electron chi connectivity index (χ4n) is 3.36. The topological polar surface area (TPSA) is 106 Å². The number of pyridine rings is 1. The molecule has 1 atom stereocenters. The lowest BCUT2D eigenvalue weighted by molar-refractivity contribution is -0.137. The lowest BCUT2D eigenvalue weighted by atomic mass is 10.1. The van der Waals surface area contributed by atoms with Gasteiger partial charge in [0.25, 0.3) is 11.8 Å². The van der Waals surface area contributed by atoms with E-state index in [2.05, 4.69) is 15.4 Å². The van der Waals surface area contributed by atoms with Crippen molar-refractivity contribution >= 4 is 42.5 Å². The molecule has 1 aliphatic heterocycles. The molecule has 4 rings (SSSR count). The molecule has 3 N–H and O–H groups in total. The van der Waals surface area contributed by atoms with Crippen LogP contribution in [0.25, 0.3) is 0 Å². The number of fused-ring (bicyclic) bond motifs is 1. The van der Waals surface area contributed by atoms with Crippen molar-refractivity contribution in [2.75, 3.05) is 22.5 Å². The number of nitrogens with two attached hydrogens (primary N) is 1. The second-order valence-corrected chi connectivity index (χ2v) is 7.09. The molecule has 2 amide bonds. The van der Waals surface area contributed by atoms with E-state index in [0.29, 0.717) is 11.4 Å². The Labute approximate surface area is 187 Å². The molecule has 1 aromatic carbocycles. The third kappa shape index (κ3) is 4.26. The Morgan fingerprint density at radius 3 is 2.44 bits per heavy atom. The fraction of sp³-hybridized carbons (Fsp3) is 0.200. The number of anilines is 3. The highest BCUT2D eigenvalue weighted by atomic mass is 32.1. The minimum Gasteiger partial charge on any atom is -0.384 e. The SMILES string of the molecule is C[C@H]1CN(c2ccc(C(F)(F)F)cc2)C(=O)c2c(C(=O)Nc3ccc(N)nc3)cnn21.S. The first kappa shape index (κ1) is 23.1. The smallest absolute Gasteiger partial charge is 0.384 e. The van der Waals surface area contributed by atoms with Crippen molar-refractivity contribution in [2.24, 2.45) is 0 Å². The summed E-state index contributed by atoms with van der Waals surface area (Å²) in [5.41, 5.74) is 5.50. The summed E-state index contributed by atoms with van der Waals surface area (Å²) >= 11 is 0. The van der Waals surface area contributed by atoms with E-state index in [-0.39, 0.29) is 43.2 Å². The monoisotopic (exact) mass is 464 g/mol. The number of aromatic nitrogens is 3. The molecule has 0 fully saturated rings. The first-order chi connectivity index (χ1) is 14.6. The number of halogens is 3. The number of hydrogen-bond acceptors (Lipinski definition) is 5. The molecule has 3 aromatic rings. The number of rotatable bonds is 3. The highest BCUT2D eigenvalue weighted by Gasteiger charge is 2.36. The van der Waals surface area contributed by atoms with Gasteiger partial charge in [-0.25, -0.2) is 4.98 Å². The highest BCUT2D eigenvalue weighted by molar-refractivity contribution is 7.59. The molecule has 0 aliphatic carbocycles. The van der Waals surface area contributed by atoms with Gasteiger partial charge < -0.3 is 16.0 Å². The van der Waals surface area contributed by atoms with Crippen molar-refractivity contribution in [1.29, 1.82) is 0 Å². The average Bonchev–Trinajstić information content (AvgIpc) is 3.18. The van der Waals surface area contributed by atoms with Crippen LogP contribution in [0.1, 0.15) is 39.4 Å². The average molecular weight is 464 g/mol. The van der Waals surface area contributed by atoms with Crippen molar-refractivity contribution in [3.05, 3.63) is 65.6 Å². The van der Waals surface area contributed by atoms with Crippen LogP contribution in [-0.4, -0.2) is 33.1 Å². The molecule has 3 heterocycles. The van der Waals surface area contributed by atoms with Crippen molar-refractivity contribution in [3.63, 3.8) is 0 Å². The van der Waals surface area contributed by atoms with Crippen LogP contribution in [0, 0.1) is 0 Å². The zero-order valence-electron chi connectivity index (χ0n) is 16.7. The molecule has 2 aromatic heterocycles. The predicted octanol–water partition coefficient (Wildman–Crippen LogP) is 3.47. The lowest BCUT2D eigenvalue weighted by Crippen LogP contribution is -2.43. The number of alkyl halides is 3.